The van der Waals surface area contributed by atoms with E-state index in [-0.39, 0.29) is 17.3 Å². The number of carboxylic acid groups (broad SMARTS) is 1. The van der Waals surface area contributed by atoms with E-state index < -0.39 is 5.97 Å². The molecule has 0 spiro atoms. The summed E-state index contributed by atoms with van der Waals surface area (Å²) in [5.41, 5.74) is 1.57. The van der Waals surface area contributed by atoms with Gasteiger partial charge in [-0.1, -0.05) is 38.8 Å². The van der Waals surface area contributed by atoms with Crippen LogP contribution in [0.2, 0.25) is 0 Å². The fourth-order valence-corrected chi connectivity index (χ4v) is 7.96. The third-order valence-corrected chi connectivity index (χ3v) is 10.1. The van der Waals surface area contributed by atoms with E-state index in [0.717, 1.165) is 44.9 Å². The van der Waals surface area contributed by atoms with Crippen molar-refractivity contribution >= 4 is 17.5 Å². The van der Waals surface area contributed by atoms with Crippen LogP contribution in [0.3, 0.4) is 0 Å². The van der Waals surface area contributed by atoms with Gasteiger partial charge in [0, 0.05) is 25.2 Å². The standard InChI is InChI=1S/C28H42O4/c1-17(5-4-6-18(2)27(31)32)22-10-7-19-8-12-25-23(24(19)16-26(22)30)11-9-20-15-21(29)13-14-28(20,25)3/h9,17-19,22-25H,4-8,10-16H2,1-3H3,(H,31,32)/t17?,18-,19+,22-,23?,24?,25?,28-/m0/s1. The lowest BCUT2D eigenvalue weighted by molar-refractivity contribution is -0.141. The van der Waals surface area contributed by atoms with Crippen LogP contribution >= 0.6 is 0 Å². The molecule has 178 valence electrons. The molecular formula is C28H42O4. The van der Waals surface area contributed by atoms with E-state index in [2.05, 4.69) is 19.9 Å². The molecule has 3 saturated carbocycles. The van der Waals surface area contributed by atoms with Crippen LogP contribution in [-0.2, 0) is 14.4 Å². The van der Waals surface area contributed by atoms with E-state index in [9.17, 15) is 14.4 Å². The van der Waals surface area contributed by atoms with Gasteiger partial charge in [-0.2, -0.15) is 0 Å². The molecule has 1 N–H and O–H groups in total. The van der Waals surface area contributed by atoms with Crippen molar-refractivity contribution in [1.29, 1.82) is 0 Å². The van der Waals surface area contributed by atoms with Crippen molar-refractivity contribution in [2.75, 3.05) is 0 Å². The highest BCUT2D eigenvalue weighted by molar-refractivity contribution is 5.83. The van der Waals surface area contributed by atoms with Gasteiger partial charge >= 0.3 is 5.97 Å². The highest BCUT2D eigenvalue weighted by Crippen LogP contribution is 2.60. The van der Waals surface area contributed by atoms with Crippen molar-refractivity contribution in [1.82, 2.24) is 0 Å². The van der Waals surface area contributed by atoms with Crippen LogP contribution in [0.4, 0.5) is 0 Å². The number of fused-ring (bicyclic) bond motifs is 5. The van der Waals surface area contributed by atoms with E-state index in [1.165, 1.54) is 24.8 Å². The minimum atomic E-state index is -0.720. The molecular weight excluding hydrogens is 400 g/mol. The van der Waals surface area contributed by atoms with Crippen molar-refractivity contribution in [3.63, 3.8) is 0 Å². The second-order valence-electron chi connectivity index (χ2n) is 11.9. The zero-order valence-electron chi connectivity index (χ0n) is 20.3. The lowest BCUT2D eigenvalue weighted by Gasteiger charge is -2.55. The summed E-state index contributed by atoms with van der Waals surface area (Å²) in [4.78, 5) is 36.6. The van der Waals surface area contributed by atoms with E-state index in [0.29, 0.717) is 54.0 Å². The second-order valence-corrected chi connectivity index (χ2v) is 11.9. The van der Waals surface area contributed by atoms with Crippen LogP contribution in [0.15, 0.2) is 11.6 Å². The molecule has 0 aliphatic heterocycles. The average Bonchev–Trinajstić information content (AvgIpc) is 2.92. The highest BCUT2D eigenvalue weighted by atomic mass is 16.4. The number of hydrogen-bond acceptors (Lipinski definition) is 3. The van der Waals surface area contributed by atoms with Crippen molar-refractivity contribution in [2.24, 2.45) is 46.8 Å². The van der Waals surface area contributed by atoms with Gasteiger partial charge in [-0.3, -0.25) is 14.4 Å². The van der Waals surface area contributed by atoms with Gasteiger partial charge in [0.15, 0.2) is 0 Å². The van der Waals surface area contributed by atoms with Crippen LogP contribution in [0.25, 0.3) is 0 Å². The molecule has 4 heteroatoms. The molecule has 4 nitrogen and oxygen atoms in total. The normalized spacial score (nSPS) is 39.1. The van der Waals surface area contributed by atoms with Crippen LogP contribution < -0.4 is 0 Å². The first-order valence-electron chi connectivity index (χ1n) is 13.2. The Hall–Kier alpha value is -1.45. The highest BCUT2D eigenvalue weighted by Gasteiger charge is 2.52. The van der Waals surface area contributed by atoms with Crippen molar-refractivity contribution in [3.05, 3.63) is 11.6 Å². The molecule has 4 aliphatic rings. The van der Waals surface area contributed by atoms with E-state index in [1.807, 2.05) is 0 Å². The van der Waals surface area contributed by atoms with Gasteiger partial charge in [0.05, 0.1) is 5.92 Å². The van der Waals surface area contributed by atoms with Gasteiger partial charge in [0.25, 0.3) is 0 Å². The summed E-state index contributed by atoms with van der Waals surface area (Å²) in [6.45, 7) is 6.39. The lowest BCUT2D eigenvalue weighted by Crippen LogP contribution is -2.47. The maximum atomic E-state index is 13.4. The van der Waals surface area contributed by atoms with Crippen molar-refractivity contribution < 1.29 is 19.5 Å². The molecule has 0 heterocycles. The number of aliphatic carboxylic acids is 1. The number of rotatable bonds is 6. The number of carbonyl (C=O) groups is 3. The van der Waals surface area contributed by atoms with E-state index >= 15 is 0 Å². The SMILES string of the molecule is CC(CCC[C@H](C)C(=O)O)[C@@H]1CC[C@@H]2CCC3C(CC=C4CC(=O)CC[C@@]43C)C2CC1=O. The lowest BCUT2D eigenvalue weighted by atomic mass is 9.50. The molecule has 8 atom stereocenters. The molecule has 0 bridgehead atoms. The molecule has 0 amide bonds. The van der Waals surface area contributed by atoms with E-state index in [1.54, 1.807) is 6.92 Å². The summed E-state index contributed by atoms with van der Waals surface area (Å²) < 4.78 is 0. The molecule has 0 aromatic rings. The first kappa shape index (κ1) is 23.7. The smallest absolute Gasteiger partial charge is 0.306 e. The molecule has 3 fully saturated rings. The molecule has 32 heavy (non-hydrogen) atoms. The fourth-order valence-electron chi connectivity index (χ4n) is 7.96. The number of hydrogen-bond donors (Lipinski definition) is 1. The minimum absolute atomic E-state index is 0.150. The first-order valence-corrected chi connectivity index (χ1v) is 13.2. The first-order chi connectivity index (χ1) is 15.2. The Morgan fingerprint density at radius 3 is 2.62 bits per heavy atom. The summed E-state index contributed by atoms with van der Waals surface area (Å²) in [6.07, 6.45) is 13.8. The Morgan fingerprint density at radius 1 is 1.12 bits per heavy atom. The van der Waals surface area contributed by atoms with Crippen LogP contribution in [-0.4, -0.2) is 22.6 Å². The van der Waals surface area contributed by atoms with Gasteiger partial charge in [-0.05, 0) is 86.4 Å². The number of carbonyl (C=O) groups excluding carboxylic acids is 2. The summed E-state index contributed by atoms with van der Waals surface area (Å²) in [5, 5.41) is 9.12. The van der Waals surface area contributed by atoms with Gasteiger partial charge in [0.1, 0.15) is 11.6 Å². The van der Waals surface area contributed by atoms with Gasteiger partial charge in [0.2, 0.25) is 0 Å². The van der Waals surface area contributed by atoms with Gasteiger partial charge in [-0.15, -0.1) is 0 Å². The summed E-state index contributed by atoms with van der Waals surface area (Å²) >= 11 is 0. The third kappa shape index (κ3) is 4.48. The fraction of sp³-hybridized carbons (Fsp3) is 0.821. The zero-order valence-corrected chi connectivity index (χ0v) is 20.3. The van der Waals surface area contributed by atoms with Gasteiger partial charge in [-0.25, -0.2) is 0 Å². The molecule has 4 aliphatic carbocycles. The van der Waals surface area contributed by atoms with Crippen LogP contribution in [0, 0.1) is 46.8 Å². The molecule has 0 saturated heterocycles. The molecule has 4 unspecified atom stereocenters. The molecule has 0 radical (unpaired) electrons. The van der Waals surface area contributed by atoms with E-state index in [4.69, 9.17) is 5.11 Å². The summed E-state index contributed by atoms with van der Waals surface area (Å²) in [5.74, 6) is 2.77. The largest absolute Gasteiger partial charge is 0.481 e. The summed E-state index contributed by atoms with van der Waals surface area (Å²) in [7, 11) is 0. The number of ketones is 2. The Kier molecular flexibility index (Phi) is 6.98. The number of allylic oxidation sites excluding steroid dienone is 2. The topological polar surface area (TPSA) is 71.4 Å². The predicted octanol–water partition coefficient (Wildman–Crippen LogP) is 6.23. The second kappa shape index (κ2) is 9.43. The molecule has 4 rings (SSSR count). The zero-order chi connectivity index (χ0) is 23.0. The van der Waals surface area contributed by atoms with Crippen LogP contribution in [0.1, 0.15) is 97.8 Å². The number of carboxylic acids is 1. The Bertz CT molecular complexity index is 782. The Balaban J connectivity index is 1.42. The third-order valence-electron chi connectivity index (χ3n) is 10.1. The Labute approximate surface area is 193 Å². The maximum Gasteiger partial charge on any atom is 0.306 e. The van der Waals surface area contributed by atoms with Crippen molar-refractivity contribution in [3.8, 4) is 0 Å². The average molecular weight is 443 g/mol. The van der Waals surface area contributed by atoms with Crippen molar-refractivity contribution in [2.45, 2.75) is 97.8 Å². The van der Waals surface area contributed by atoms with Gasteiger partial charge < -0.3 is 5.11 Å². The number of Topliss-reactive ketones (excluding diaryl/α,β-unsaturated/α-hetero) is 2. The minimum Gasteiger partial charge on any atom is -0.481 e. The Morgan fingerprint density at radius 2 is 1.88 bits per heavy atom. The summed E-state index contributed by atoms with van der Waals surface area (Å²) in [6, 6.07) is 0. The quantitative estimate of drug-likeness (QED) is 0.495. The predicted molar refractivity (Wildman–Crippen MR) is 125 cm³/mol. The monoisotopic (exact) mass is 442 g/mol. The molecule has 0 aromatic carbocycles. The maximum absolute atomic E-state index is 13.4. The van der Waals surface area contributed by atoms with Crippen LogP contribution in [0.5, 0.6) is 0 Å². The molecule has 0 aromatic heterocycles.